The molecule has 0 aromatic heterocycles. The van der Waals surface area contributed by atoms with E-state index in [4.69, 9.17) is 24.2 Å². The Morgan fingerprint density at radius 3 is 1.47 bits per heavy atom. The summed E-state index contributed by atoms with van der Waals surface area (Å²) in [6.07, 6.45) is -1.31. The first-order valence-corrected chi connectivity index (χ1v) is 7.30. The van der Waals surface area contributed by atoms with Gasteiger partial charge in [0.05, 0.1) is 12.1 Å². The molecular formula is C12H22N3O3P. The molecule has 6 nitrogen and oxygen atoms in total. The van der Waals surface area contributed by atoms with Gasteiger partial charge < -0.3 is 0 Å². The van der Waals surface area contributed by atoms with Gasteiger partial charge in [-0.05, 0) is 41.5 Å². The molecule has 2 unspecified atom stereocenters. The van der Waals surface area contributed by atoms with E-state index in [0.29, 0.717) is 0 Å². The Morgan fingerprint density at radius 1 is 0.842 bits per heavy atom. The van der Waals surface area contributed by atoms with Gasteiger partial charge >= 0.3 is 8.60 Å². The summed E-state index contributed by atoms with van der Waals surface area (Å²) in [4.78, 5) is 0. The topological polar surface area (TPSA) is 78.5 Å². The molecule has 0 amide bonds. The van der Waals surface area contributed by atoms with E-state index in [1.807, 2.05) is 39.8 Å². The predicted molar refractivity (Wildman–Crippen MR) is 72.4 cm³/mol. The van der Waals surface area contributed by atoms with Gasteiger partial charge in [0.15, 0.2) is 0 Å². The molecule has 0 spiro atoms. The normalized spacial score (nSPS) is 16.2. The standard InChI is InChI=1S/C12H22N3O3P/c1-9(2)15(10(3)4)18-19(16-11(5)7-13)17-12(6)8-14/h9-12H,1-6H3. The molecule has 0 aromatic rings. The van der Waals surface area contributed by atoms with E-state index in [9.17, 15) is 0 Å². The lowest BCUT2D eigenvalue weighted by molar-refractivity contribution is -0.127. The molecule has 2 atom stereocenters. The molecule has 0 rings (SSSR count). The SMILES string of the molecule is CC(C#N)OP(OC(C)C#N)ON(C(C)C)C(C)C. The number of hydrogen-bond acceptors (Lipinski definition) is 6. The summed E-state index contributed by atoms with van der Waals surface area (Å²) in [6, 6.07) is 4.16. The van der Waals surface area contributed by atoms with Crippen molar-refractivity contribution in [2.75, 3.05) is 0 Å². The molecule has 108 valence electrons. The van der Waals surface area contributed by atoms with Crippen molar-refractivity contribution in [2.24, 2.45) is 0 Å². The molecule has 0 fully saturated rings. The second-order valence-corrected chi connectivity index (χ2v) is 5.64. The fraction of sp³-hybridized carbons (Fsp3) is 0.833. The average molecular weight is 287 g/mol. The molecule has 0 radical (unpaired) electrons. The number of nitrogens with zero attached hydrogens (tertiary/aromatic N) is 3. The van der Waals surface area contributed by atoms with Gasteiger partial charge in [0.1, 0.15) is 12.2 Å². The van der Waals surface area contributed by atoms with Crippen LogP contribution in [-0.4, -0.2) is 29.4 Å². The second-order valence-electron chi connectivity index (χ2n) is 4.61. The Kier molecular flexibility index (Phi) is 8.84. The van der Waals surface area contributed by atoms with E-state index in [1.54, 1.807) is 18.9 Å². The third-order valence-electron chi connectivity index (χ3n) is 2.03. The Morgan fingerprint density at radius 2 is 1.21 bits per heavy atom. The highest BCUT2D eigenvalue weighted by Gasteiger charge is 2.26. The fourth-order valence-corrected chi connectivity index (χ4v) is 2.50. The smallest absolute Gasteiger partial charge is 0.293 e. The summed E-state index contributed by atoms with van der Waals surface area (Å²) in [5, 5.41) is 19.3. The molecule has 7 heteroatoms. The zero-order valence-electron chi connectivity index (χ0n) is 12.3. The van der Waals surface area contributed by atoms with E-state index in [1.165, 1.54) is 0 Å². The van der Waals surface area contributed by atoms with E-state index >= 15 is 0 Å². The van der Waals surface area contributed by atoms with Crippen LogP contribution in [0.15, 0.2) is 0 Å². The first kappa shape index (κ1) is 18.2. The van der Waals surface area contributed by atoms with Crippen LogP contribution in [0, 0.1) is 22.7 Å². The van der Waals surface area contributed by atoms with Crippen molar-refractivity contribution in [1.82, 2.24) is 5.06 Å². The van der Waals surface area contributed by atoms with Gasteiger partial charge in [0.2, 0.25) is 0 Å². The third kappa shape index (κ3) is 7.42. The average Bonchev–Trinajstić information content (AvgIpc) is 2.34. The van der Waals surface area contributed by atoms with Crippen molar-refractivity contribution in [1.29, 1.82) is 10.5 Å². The van der Waals surface area contributed by atoms with Crippen LogP contribution in [0.25, 0.3) is 0 Å². The second kappa shape index (κ2) is 9.20. The first-order valence-electron chi connectivity index (χ1n) is 6.21. The molecule has 0 saturated heterocycles. The van der Waals surface area contributed by atoms with Crippen LogP contribution in [-0.2, 0) is 13.7 Å². The Hall–Kier alpha value is -0.750. The Bertz CT molecular complexity index is 308. The number of hydroxylamine groups is 2. The first-order chi connectivity index (χ1) is 8.81. The molecule has 0 aliphatic rings. The molecular weight excluding hydrogens is 265 g/mol. The Labute approximate surface area is 116 Å². The van der Waals surface area contributed by atoms with Gasteiger partial charge in [0.25, 0.3) is 0 Å². The van der Waals surface area contributed by atoms with Gasteiger partial charge in [-0.25, -0.2) is 4.62 Å². The van der Waals surface area contributed by atoms with Gasteiger partial charge in [-0.15, -0.1) is 0 Å². The van der Waals surface area contributed by atoms with Crippen LogP contribution in [0.2, 0.25) is 0 Å². The maximum Gasteiger partial charge on any atom is 0.353 e. The zero-order chi connectivity index (χ0) is 15.0. The van der Waals surface area contributed by atoms with Crippen molar-refractivity contribution >= 4 is 8.60 Å². The lowest BCUT2D eigenvalue weighted by Gasteiger charge is -2.32. The van der Waals surface area contributed by atoms with E-state index < -0.39 is 20.8 Å². The molecule has 19 heavy (non-hydrogen) atoms. The van der Waals surface area contributed by atoms with Crippen molar-refractivity contribution in [3.8, 4) is 12.1 Å². The zero-order valence-corrected chi connectivity index (χ0v) is 13.2. The summed E-state index contributed by atoms with van der Waals surface area (Å²) in [7, 11) is -1.77. The monoisotopic (exact) mass is 287 g/mol. The number of hydrogen-bond donors (Lipinski definition) is 0. The molecule has 0 aliphatic heterocycles. The van der Waals surface area contributed by atoms with E-state index in [-0.39, 0.29) is 12.1 Å². The van der Waals surface area contributed by atoms with Crippen LogP contribution in [0.4, 0.5) is 0 Å². The lowest BCUT2D eigenvalue weighted by Crippen LogP contribution is -2.36. The summed E-state index contributed by atoms with van der Waals surface area (Å²) in [6.45, 7) is 11.1. The third-order valence-corrected chi connectivity index (χ3v) is 3.33. The lowest BCUT2D eigenvalue weighted by atomic mass is 10.3. The van der Waals surface area contributed by atoms with Crippen LogP contribution >= 0.6 is 8.60 Å². The van der Waals surface area contributed by atoms with Crippen LogP contribution in [0.5, 0.6) is 0 Å². The van der Waals surface area contributed by atoms with Gasteiger partial charge in [-0.2, -0.15) is 15.6 Å². The molecule has 0 aromatic carbocycles. The number of nitriles is 2. The van der Waals surface area contributed by atoms with Crippen molar-refractivity contribution < 1.29 is 13.7 Å². The quantitative estimate of drug-likeness (QED) is 0.504. The summed E-state index contributed by atoms with van der Waals surface area (Å²) in [5.41, 5.74) is 0. The molecule has 0 heterocycles. The number of rotatable bonds is 8. The predicted octanol–water partition coefficient (Wildman–Crippen LogP) is 3.12. The van der Waals surface area contributed by atoms with Crippen molar-refractivity contribution in [2.45, 2.75) is 65.8 Å². The summed E-state index contributed by atoms with van der Waals surface area (Å²) >= 11 is 0. The molecule has 0 saturated carbocycles. The molecule has 0 N–H and O–H groups in total. The van der Waals surface area contributed by atoms with Gasteiger partial charge in [-0.1, -0.05) is 0 Å². The minimum Gasteiger partial charge on any atom is -0.293 e. The maximum absolute atomic E-state index is 8.77. The molecule has 0 bridgehead atoms. The summed E-state index contributed by atoms with van der Waals surface area (Å²) < 4.78 is 16.4. The van der Waals surface area contributed by atoms with Gasteiger partial charge in [0, 0.05) is 12.1 Å². The maximum atomic E-state index is 8.77. The Balaban J connectivity index is 4.73. The fourth-order valence-electron chi connectivity index (χ4n) is 1.23. The minimum absolute atomic E-state index is 0.131. The van der Waals surface area contributed by atoms with Crippen LogP contribution < -0.4 is 0 Å². The summed E-state index contributed by atoms with van der Waals surface area (Å²) in [5.74, 6) is 0. The highest BCUT2D eigenvalue weighted by molar-refractivity contribution is 7.41. The van der Waals surface area contributed by atoms with Crippen LogP contribution in [0.1, 0.15) is 41.5 Å². The minimum atomic E-state index is -1.77. The van der Waals surface area contributed by atoms with Crippen molar-refractivity contribution in [3.63, 3.8) is 0 Å². The van der Waals surface area contributed by atoms with E-state index in [2.05, 4.69) is 0 Å². The van der Waals surface area contributed by atoms with Crippen LogP contribution in [0.3, 0.4) is 0 Å². The largest absolute Gasteiger partial charge is 0.353 e. The highest BCUT2D eigenvalue weighted by Crippen LogP contribution is 2.44. The highest BCUT2D eigenvalue weighted by atomic mass is 31.2. The van der Waals surface area contributed by atoms with Gasteiger partial charge in [-0.3, -0.25) is 9.05 Å². The molecule has 0 aliphatic carbocycles. The van der Waals surface area contributed by atoms with Crippen molar-refractivity contribution in [3.05, 3.63) is 0 Å². The van der Waals surface area contributed by atoms with E-state index in [0.717, 1.165) is 0 Å².